The van der Waals surface area contributed by atoms with Gasteiger partial charge in [-0.2, -0.15) is 0 Å². The predicted octanol–water partition coefficient (Wildman–Crippen LogP) is 1.07. The third-order valence-electron chi connectivity index (χ3n) is 1.67. The van der Waals surface area contributed by atoms with E-state index in [9.17, 15) is 4.79 Å². The Balaban J connectivity index is 3.44. The molecule has 1 atom stereocenters. The minimum absolute atomic E-state index is 0.358. The van der Waals surface area contributed by atoms with Gasteiger partial charge < -0.3 is 10.5 Å². The minimum atomic E-state index is -0.387. The van der Waals surface area contributed by atoms with Gasteiger partial charge in [-0.05, 0) is 6.42 Å². The molecule has 66 valence electrons. The summed E-state index contributed by atoms with van der Waals surface area (Å²) in [6.07, 6.45) is 3.65. The van der Waals surface area contributed by atoms with E-state index in [1.807, 2.05) is 0 Å². The zero-order chi connectivity index (χ0) is 8.69. The lowest BCUT2D eigenvalue weighted by molar-refractivity contribution is -0.128. The molecule has 0 saturated heterocycles. The number of unbranched alkanes of at least 4 members (excludes halogenated alkanes) is 2. The molecule has 0 heterocycles. The monoisotopic (exact) mass is 159 g/mol. The topological polar surface area (TPSA) is 52.3 Å². The summed E-state index contributed by atoms with van der Waals surface area (Å²) in [7, 11) is 1.52. The van der Waals surface area contributed by atoms with Gasteiger partial charge in [-0.3, -0.25) is 4.79 Å². The van der Waals surface area contributed by atoms with E-state index in [0.717, 1.165) is 25.7 Å². The highest BCUT2D eigenvalue weighted by Crippen LogP contribution is 2.04. The molecule has 0 aromatic rings. The second kappa shape index (κ2) is 6.16. The summed E-state index contributed by atoms with van der Waals surface area (Å²) in [6.45, 7) is 2.12. The second-order valence-electron chi connectivity index (χ2n) is 2.62. The number of carbonyl (C=O) groups is 1. The van der Waals surface area contributed by atoms with Crippen molar-refractivity contribution in [1.29, 1.82) is 0 Å². The van der Waals surface area contributed by atoms with Crippen molar-refractivity contribution < 1.29 is 9.53 Å². The van der Waals surface area contributed by atoms with Crippen LogP contribution in [0.1, 0.15) is 32.6 Å². The van der Waals surface area contributed by atoms with Crippen molar-refractivity contribution in [3.8, 4) is 0 Å². The molecule has 0 saturated carbocycles. The molecule has 0 aliphatic rings. The molecule has 0 unspecified atom stereocenters. The Labute approximate surface area is 67.9 Å². The maximum Gasteiger partial charge on any atom is 0.246 e. The fraction of sp³-hybridized carbons (Fsp3) is 0.875. The number of hydrogen-bond acceptors (Lipinski definition) is 2. The van der Waals surface area contributed by atoms with Crippen molar-refractivity contribution in [2.45, 2.75) is 38.7 Å². The van der Waals surface area contributed by atoms with Gasteiger partial charge in [0.1, 0.15) is 6.10 Å². The van der Waals surface area contributed by atoms with Gasteiger partial charge in [-0.1, -0.05) is 26.2 Å². The van der Waals surface area contributed by atoms with Gasteiger partial charge >= 0.3 is 0 Å². The summed E-state index contributed by atoms with van der Waals surface area (Å²) < 4.78 is 4.88. The molecule has 0 aliphatic heterocycles. The molecule has 0 radical (unpaired) electrons. The molecule has 11 heavy (non-hydrogen) atoms. The fourth-order valence-electron chi connectivity index (χ4n) is 0.956. The van der Waals surface area contributed by atoms with E-state index in [1.165, 1.54) is 7.11 Å². The largest absolute Gasteiger partial charge is 0.372 e. The van der Waals surface area contributed by atoms with Crippen LogP contribution in [-0.2, 0) is 9.53 Å². The van der Waals surface area contributed by atoms with E-state index in [-0.39, 0.29) is 12.0 Å². The highest BCUT2D eigenvalue weighted by molar-refractivity contribution is 5.78. The molecule has 2 N–H and O–H groups in total. The SMILES string of the molecule is CCCCC[C@@H](OC)C(N)=O. The zero-order valence-electron chi connectivity index (χ0n) is 7.30. The van der Waals surface area contributed by atoms with Crippen molar-refractivity contribution in [3.63, 3.8) is 0 Å². The maximum absolute atomic E-state index is 10.6. The Morgan fingerprint density at radius 1 is 1.55 bits per heavy atom. The lowest BCUT2D eigenvalue weighted by Gasteiger charge is -2.09. The molecule has 0 aliphatic carbocycles. The van der Waals surface area contributed by atoms with Crippen LogP contribution >= 0.6 is 0 Å². The number of amides is 1. The van der Waals surface area contributed by atoms with Crippen molar-refractivity contribution in [2.75, 3.05) is 7.11 Å². The van der Waals surface area contributed by atoms with Gasteiger partial charge in [-0.25, -0.2) is 0 Å². The summed E-state index contributed by atoms with van der Waals surface area (Å²) in [5, 5.41) is 0. The van der Waals surface area contributed by atoms with Gasteiger partial charge in [0.2, 0.25) is 5.91 Å². The molecule has 0 bridgehead atoms. The first-order chi connectivity index (χ1) is 5.22. The first-order valence-corrected chi connectivity index (χ1v) is 4.04. The number of primary amides is 1. The Kier molecular flexibility index (Phi) is 5.84. The van der Waals surface area contributed by atoms with Crippen LogP contribution in [0.25, 0.3) is 0 Å². The second-order valence-corrected chi connectivity index (χ2v) is 2.62. The lowest BCUT2D eigenvalue weighted by atomic mass is 10.1. The van der Waals surface area contributed by atoms with Gasteiger partial charge in [-0.15, -0.1) is 0 Å². The van der Waals surface area contributed by atoms with Crippen LogP contribution in [0.2, 0.25) is 0 Å². The summed E-state index contributed by atoms with van der Waals surface area (Å²) in [5.74, 6) is -0.358. The average molecular weight is 159 g/mol. The standard InChI is InChI=1S/C8H17NO2/c1-3-4-5-6-7(11-2)8(9)10/h7H,3-6H2,1-2H3,(H2,9,10)/t7-/m1/s1. The van der Waals surface area contributed by atoms with Crippen molar-refractivity contribution in [1.82, 2.24) is 0 Å². The van der Waals surface area contributed by atoms with Crippen LogP contribution in [0.15, 0.2) is 0 Å². The molecule has 3 heteroatoms. The number of ether oxygens (including phenoxy) is 1. The Morgan fingerprint density at radius 3 is 2.55 bits per heavy atom. The van der Waals surface area contributed by atoms with Crippen LogP contribution in [0, 0.1) is 0 Å². The van der Waals surface area contributed by atoms with Crippen molar-refractivity contribution in [3.05, 3.63) is 0 Å². The van der Waals surface area contributed by atoms with Gasteiger partial charge in [0.15, 0.2) is 0 Å². The first kappa shape index (κ1) is 10.4. The number of methoxy groups -OCH3 is 1. The first-order valence-electron chi connectivity index (χ1n) is 4.04. The zero-order valence-corrected chi connectivity index (χ0v) is 7.30. The number of nitrogens with two attached hydrogens (primary N) is 1. The van der Waals surface area contributed by atoms with E-state index in [4.69, 9.17) is 10.5 Å². The van der Waals surface area contributed by atoms with E-state index >= 15 is 0 Å². The van der Waals surface area contributed by atoms with Crippen LogP contribution in [0.5, 0.6) is 0 Å². The fourth-order valence-corrected chi connectivity index (χ4v) is 0.956. The summed E-state index contributed by atoms with van der Waals surface area (Å²) >= 11 is 0. The average Bonchev–Trinajstić information content (AvgIpc) is 1.97. The quantitative estimate of drug-likeness (QED) is 0.589. The molecule has 0 aromatic heterocycles. The number of hydrogen-bond donors (Lipinski definition) is 1. The van der Waals surface area contributed by atoms with Crippen LogP contribution in [0.4, 0.5) is 0 Å². The highest BCUT2D eigenvalue weighted by atomic mass is 16.5. The number of rotatable bonds is 6. The smallest absolute Gasteiger partial charge is 0.246 e. The van der Waals surface area contributed by atoms with E-state index in [1.54, 1.807) is 0 Å². The van der Waals surface area contributed by atoms with E-state index in [0.29, 0.717) is 0 Å². The van der Waals surface area contributed by atoms with Crippen molar-refractivity contribution >= 4 is 5.91 Å². The number of carbonyl (C=O) groups excluding carboxylic acids is 1. The van der Waals surface area contributed by atoms with Crippen LogP contribution in [0.3, 0.4) is 0 Å². The molecule has 1 amide bonds. The van der Waals surface area contributed by atoms with Gasteiger partial charge in [0.05, 0.1) is 0 Å². The third kappa shape index (κ3) is 4.79. The van der Waals surface area contributed by atoms with Gasteiger partial charge in [0.25, 0.3) is 0 Å². The predicted molar refractivity (Wildman–Crippen MR) is 44.1 cm³/mol. The Bertz CT molecular complexity index is 115. The molecule has 0 fully saturated rings. The third-order valence-corrected chi connectivity index (χ3v) is 1.67. The van der Waals surface area contributed by atoms with Crippen LogP contribution < -0.4 is 5.73 Å². The highest BCUT2D eigenvalue weighted by Gasteiger charge is 2.12. The summed E-state index contributed by atoms with van der Waals surface area (Å²) in [5.41, 5.74) is 5.07. The molecule has 0 rings (SSSR count). The molecular formula is C8H17NO2. The Morgan fingerprint density at radius 2 is 2.18 bits per heavy atom. The van der Waals surface area contributed by atoms with Gasteiger partial charge in [0, 0.05) is 7.11 Å². The van der Waals surface area contributed by atoms with E-state index < -0.39 is 0 Å². The molecule has 3 nitrogen and oxygen atoms in total. The molecule has 0 aromatic carbocycles. The van der Waals surface area contributed by atoms with Crippen LogP contribution in [-0.4, -0.2) is 19.1 Å². The summed E-state index contributed by atoms with van der Waals surface area (Å²) in [4.78, 5) is 10.6. The maximum atomic E-state index is 10.6. The lowest BCUT2D eigenvalue weighted by Crippen LogP contribution is -2.29. The normalized spacial score (nSPS) is 12.9. The molecular weight excluding hydrogens is 142 g/mol. The van der Waals surface area contributed by atoms with Crippen molar-refractivity contribution in [2.24, 2.45) is 5.73 Å². The van der Waals surface area contributed by atoms with E-state index in [2.05, 4.69) is 6.92 Å². The Hall–Kier alpha value is -0.570. The molecule has 0 spiro atoms. The minimum Gasteiger partial charge on any atom is -0.372 e. The summed E-state index contributed by atoms with van der Waals surface area (Å²) in [6, 6.07) is 0.